The molecule has 1 N–H and O–H groups in total. The van der Waals surface area contributed by atoms with Crippen molar-refractivity contribution in [1.82, 2.24) is 10.3 Å². The first-order valence-corrected chi connectivity index (χ1v) is 7.20. The summed E-state index contributed by atoms with van der Waals surface area (Å²) in [5.74, 6) is 0.649. The molecule has 1 aliphatic carbocycles. The molecule has 1 aromatic carbocycles. The van der Waals surface area contributed by atoms with Crippen LogP contribution in [0.5, 0.6) is 0 Å². The van der Waals surface area contributed by atoms with E-state index in [9.17, 15) is 4.79 Å². The SMILES string of the molecule is C[C@@H](NC(=O)c1ccc2nc(Cl)sc2c1)C1CC1. The van der Waals surface area contributed by atoms with E-state index in [2.05, 4.69) is 17.2 Å². The molecule has 0 unspecified atom stereocenters. The summed E-state index contributed by atoms with van der Waals surface area (Å²) < 4.78 is 1.46. The van der Waals surface area contributed by atoms with E-state index < -0.39 is 0 Å². The number of nitrogens with zero attached hydrogens (tertiary/aromatic N) is 1. The van der Waals surface area contributed by atoms with E-state index in [0.717, 1.165) is 10.2 Å². The van der Waals surface area contributed by atoms with Gasteiger partial charge in [-0.05, 0) is 43.9 Å². The predicted octanol–water partition coefficient (Wildman–Crippen LogP) is 3.48. The Labute approximate surface area is 114 Å². The van der Waals surface area contributed by atoms with Crippen molar-refractivity contribution in [2.75, 3.05) is 0 Å². The molecule has 1 atom stereocenters. The van der Waals surface area contributed by atoms with Crippen molar-refractivity contribution in [3.63, 3.8) is 0 Å². The number of halogens is 1. The van der Waals surface area contributed by atoms with E-state index in [-0.39, 0.29) is 11.9 Å². The normalized spacial score (nSPS) is 16.8. The van der Waals surface area contributed by atoms with Crippen molar-refractivity contribution in [2.24, 2.45) is 5.92 Å². The first-order chi connectivity index (χ1) is 8.63. The summed E-state index contributed by atoms with van der Waals surface area (Å²) in [5.41, 5.74) is 1.52. The molecule has 3 rings (SSSR count). The average molecular weight is 281 g/mol. The maximum Gasteiger partial charge on any atom is 0.251 e. The molecule has 1 aliphatic rings. The fraction of sp³-hybridized carbons (Fsp3) is 0.385. The number of aromatic nitrogens is 1. The molecule has 1 fully saturated rings. The number of carbonyl (C=O) groups is 1. The van der Waals surface area contributed by atoms with Crippen molar-refractivity contribution >= 4 is 39.1 Å². The fourth-order valence-corrected chi connectivity index (χ4v) is 3.11. The van der Waals surface area contributed by atoms with Gasteiger partial charge in [-0.25, -0.2) is 4.98 Å². The molecule has 1 saturated carbocycles. The minimum Gasteiger partial charge on any atom is -0.349 e. The minimum absolute atomic E-state index is 0.0131. The number of hydrogen-bond donors (Lipinski definition) is 1. The summed E-state index contributed by atoms with van der Waals surface area (Å²) in [6, 6.07) is 5.76. The summed E-state index contributed by atoms with van der Waals surface area (Å²) in [6.07, 6.45) is 2.45. The molecule has 3 nitrogen and oxygen atoms in total. The van der Waals surface area contributed by atoms with E-state index >= 15 is 0 Å². The molecule has 0 saturated heterocycles. The van der Waals surface area contributed by atoms with Crippen molar-refractivity contribution in [3.05, 3.63) is 28.2 Å². The van der Waals surface area contributed by atoms with Crippen LogP contribution in [0.1, 0.15) is 30.1 Å². The molecule has 1 amide bonds. The maximum atomic E-state index is 12.1. The lowest BCUT2D eigenvalue weighted by molar-refractivity contribution is 0.0936. The van der Waals surface area contributed by atoms with Gasteiger partial charge in [-0.2, -0.15) is 0 Å². The van der Waals surface area contributed by atoms with Crippen LogP contribution in [-0.2, 0) is 0 Å². The van der Waals surface area contributed by atoms with Crippen LogP contribution in [0.15, 0.2) is 18.2 Å². The van der Waals surface area contributed by atoms with Gasteiger partial charge in [-0.1, -0.05) is 11.6 Å². The highest BCUT2D eigenvalue weighted by Gasteiger charge is 2.29. The van der Waals surface area contributed by atoms with E-state index in [4.69, 9.17) is 11.6 Å². The van der Waals surface area contributed by atoms with Crippen LogP contribution in [0.4, 0.5) is 0 Å². The Hall–Kier alpha value is -1.13. The van der Waals surface area contributed by atoms with Gasteiger partial charge >= 0.3 is 0 Å². The van der Waals surface area contributed by atoms with Crippen LogP contribution in [0.3, 0.4) is 0 Å². The summed E-state index contributed by atoms with van der Waals surface area (Å²) in [6.45, 7) is 2.07. The molecule has 0 bridgehead atoms. The zero-order valence-corrected chi connectivity index (χ0v) is 11.5. The predicted molar refractivity (Wildman–Crippen MR) is 74.3 cm³/mol. The highest BCUT2D eigenvalue weighted by atomic mass is 35.5. The number of hydrogen-bond acceptors (Lipinski definition) is 3. The lowest BCUT2D eigenvalue weighted by Gasteiger charge is -2.12. The second kappa shape index (κ2) is 4.52. The van der Waals surface area contributed by atoms with Gasteiger partial charge in [0.1, 0.15) is 0 Å². The van der Waals surface area contributed by atoms with Crippen LogP contribution in [-0.4, -0.2) is 16.9 Å². The van der Waals surface area contributed by atoms with Crippen LogP contribution in [0, 0.1) is 5.92 Å². The number of thiazole rings is 1. The Morgan fingerprint density at radius 2 is 2.33 bits per heavy atom. The quantitative estimate of drug-likeness (QED) is 0.935. The first-order valence-electron chi connectivity index (χ1n) is 6.00. The number of nitrogens with one attached hydrogen (secondary N) is 1. The van der Waals surface area contributed by atoms with Crippen LogP contribution >= 0.6 is 22.9 Å². The van der Waals surface area contributed by atoms with Gasteiger partial charge in [-0.3, -0.25) is 4.79 Å². The number of amides is 1. The highest BCUT2D eigenvalue weighted by Crippen LogP contribution is 2.32. The number of carbonyl (C=O) groups excluding carboxylic acids is 1. The Bertz CT molecular complexity index is 606. The molecule has 1 aromatic heterocycles. The van der Waals surface area contributed by atoms with Crippen molar-refractivity contribution < 1.29 is 4.79 Å². The topological polar surface area (TPSA) is 42.0 Å². The molecule has 0 radical (unpaired) electrons. The molecule has 1 heterocycles. The Kier molecular flexibility index (Phi) is 2.99. The zero-order valence-electron chi connectivity index (χ0n) is 9.94. The Balaban J connectivity index is 1.81. The number of benzene rings is 1. The molecule has 94 valence electrons. The summed E-state index contributed by atoms with van der Waals surface area (Å²) in [7, 11) is 0. The Morgan fingerprint density at radius 1 is 1.56 bits per heavy atom. The van der Waals surface area contributed by atoms with E-state index in [1.165, 1.54) is 24.2 Å². The van der Waals surface area contributed by atoms with Gasteiger partial charge < -0.3 is 5.32 Å². The third-order valence-electron chi connectivity index (χ3n) is 3.31. The number of rotatable bonds is 3. The maximum absolute atomic E-state index is 12.1. The third kappa shape index (κ3) is 2.35. The standard InChI is InChI=1S/C13H13ClN2OS/c1-7(8-2-3-8)15-12(17)9-4-5-10-11(6-9)18-13(14)16-10/h4-8H,2-3H2,1H3,(H,15,17)/t7-/m1/s1. The monoisotopic (exact) mass is 280 g/mol. The van der Waals surface area contributed by atoms with E-state index in [1.54, 1.807) is 6.07 Å². The van der Waals surface area contributed by atoms with Crippen molar-refractivity contribution in [3.8, 4) is 0 Å². The highest BCUT2D eigenvalue weighted by molar-refractivity contribution is 7.22. The Morgan fingerprint density at radius 3 is 3.06 bits per heavy atom. The van der Waals surface area contributed by atoms with Gasteiger partial charge in [0.15, 0.2) is 4.47 Å². The van der Waals surface area contributed by atoms with Gasteiger partial charge in [0.25, 0.3) is 5.91 Å². The zero-order chi connectivity index (χ0) is 12.7. The molecule has 5 heteroatoms. The smallest absolute Gasteiger partial charge is 0.251 e. The average Bonchev–Trinajstić information content (AvgIpc) is 3.10. The van der Waals surface area contributed by atoms with Crippen LogP contribution in [0.25, 0.3) is 10.2 Å². The van der Waals surface area contributed by atoms with E-state index in [0.29, 0.717) is 15.9 Å². The lowest BCUT2D eigenvalue weighted by atomic mass is 10.1. The van der Waals surface area contributed by atoms with E-state index in [1.807, 2.05) is 12.1 Å². The summed E-state index contributed by atoms with van der Waals surface area (Å²) >= 11 is 7.25. The third-order valence-corrected chi connectivity index (χ3v) is 4.44. The molecule has 0 spiro atoms. The van der Waals surface area contributed by atoms with Gasteiger partial charge in [0, 0.05) is 11.6 Å². The second-order valence-electron chi connectivity index (χ2n) is 4.75. The van der Waals surface area contributed by atoms with Gasteiger partial charge in [0.2, 0.25) is 0 Å². The second-order valence-corrected chi connectivity index (χ2v) is 6.36. The fourth-order valence-electron chi connectivity index (χ4n) is 2.04. The van der Waals surface area contributed by atoms with Gasteiger partial charge in [-0.15, -0.1) is 11.3 Å². The molecular formula is C13H13ClN2OS. The lowest BCUT2D eigenvalue weighted by Crippen LogP contribution is -2.33. The van der Waals surface area contributed by atoms with Crippen LogP contribution in [0.2, 0.25) is 4.47 Å². The van der Waals surface area contributed by atoms with Crippen molar-refractivity contribution in [2.45, 2.75) is 25.8 Å². The van der Waals surface area contributed by atoms with Crippen LogP contribution < -0.4 is 5.32 Å². The van der Waals surface area contributed by atoms with Crippen molar-refractivity contribution in [1.29, 1.82) is 0 Å². The summed E-state index contributed by atoms with van der Waals surface area (Å²) in [4.78, 5) is 16.2. The molecule has 0 aliphatic heterocycles. The summed E-state index contributed by atoms with van der Waals surface area (Å²) in [5, 5.41) is 3.04. The molecule has 2 aromatic rings. The number of fused-ring (bicyclic) bond motifs is 1. The molecule has 18 heavy (non-hydrogen) atoms. The van der Waals surface area contributed by atoms with Gasteiger partial charge in [0.05, 0.1) is 10.2 Å². The molecular weight excluding hydrogens is 268 g/mol. The minimum atomic E-state index is -0.0131. The first kappa shape index (κ1) is 11.9. The largest absolute Gasteiger partial charge is 0.349 e.